The molecule has 0 aromatic rings. The highest BCUT2D eigenvalue weighted by molar-refractivity contribution is 5.93. The molecule has 0 bridgehead atoms. The maximum Gasteiger partial charge on any atom is 0.407 e. The predicted molar refractivity (Wildman–Crippen MR) is 166 cm³/mol. The van der Waals surface area contributed by atoms with Crippen LogP contribution < -0.4 is 27.4 Å². The average molecular weight is 622 g/mol. The maximum absolute atomic E-state index is 13.2. The molecule has 43 heavy (non-hydrogen) atoms. The van der Waals surface area contributed by atoms with Gasteiger partial charge in [0.1, 0.15) is 6.61 Å². The average Bonchev–Trinajstić information content (AvgIpc) is 2.92. The van der Waals surface area contributed by atoms with Gasteiger partial charge in [-0.1, -0.05) is 28.7 Å². The van der Waals surface area contributed by atoms with Gasteiger partial charge in [-0.25, -0.2) is 9.59 Å². The van der Waals surface area contributed by atoms with Crippen molar-refractivity contribution in [2.75, 3.05) is 66.4 Å². The standard InChI is InChI=1S/C27H51N5O9.2CH4/c1-20(2)24(32-27(37)41-17-16-40-13-7-10-28)23(34)18-21(8-6-11-30-26(29)36)25(35)31-19-22(33)9-4-5-12-39-15-14-38-3;;/h20-21,24H,4-19,28H2,1-3H3,(H,31,35)(H,32,37)(H3,29,30,36);2*1H4. The Kier molecular flexibility index (Phi) is 30.4. The van der Waals surface area contributed by atoms with Crippen LogP contribution in [0.3, 0.4) is 0 Å². The van der Waals surface area contributed by atoms with Crippen molar-refractivity contribution < 1.29 is 42.9 Å². The summed E-state index contributed by atoms with van der Waals surface area (Å²) in [7, 11) is 1.59. The number of methoxy groups -OCH3 is 1. The Bertz CT molecular complexity index is 769. The molecule has 14 heteroatoms. The number of urea groups is 1. The molecule has 4 amide bonds. The van der Waals surface area contributed by atoms with Gasteiger partial charge in [-0.3, -0.25) is 14.4 Å². The molecule has 0 saturated carbocycles. The first-order valence-corrected chi connectivity index (χ1v) is 14.3. The molecule has 0 aliphatic rings. The molecule has 0 aliphatic heterocycles. The van der Waals surface area contributed by atoms with Gasteiger partial charge >= 0.3 is 12.1 Å². The molecule has 0 fully saturated rings. The Morgan fingerprint density at radius 2 is 1.47 bits per heavy atom. The van der Waals surface area contributed by atoms with Gasteiger partial charge in [0, 0.05) is 45.6 Å². The second kappa shape index (κ2) is 29.3. The number of ether oxygens (including phenoxy) is 4. The normalized spacial score (nSPS) is 11.8. The van der Waals surface area contributed by atoms with Crippen LogP contribution in [0.5, 0.6) is 0 Å². The number of ketones is 2. The van der Waals surface area contributed by atoms with E-state index >= 15 is 0 Å². The van der Waals surface area contributed by atoms with Crippen LogP contribution in [-0.4, -0.2) is 102 Å². The zero-order valence-electron chi connectivity index (χ0n) is 24.9. The number of nitrogens with one attached hydrogen (secondary N) is 3. The highest BCUT2D eigenvalue weighted by atomic mass is 16.6. The van der Waals surface area contributed by atoms with E-state index in [4.69, 9.17) is 30.4 Å². The molecule has 0 spiro atoms. The summed E-state index contributed by atoms with van der Waals surface area (Å²) in [5, 5.41) is 7.66. The molecule has 0 heterocycles. The number of hydrogen-bond donors (Lipinski definition) is 5. The molecule has 0 rings (SSSR count). The summed E-state index contributed by atoms with van der Waals surface area (Å²) in [5.41, 5.74) is 10.5. The van der Waals surface area contributed by atoms with Crippen LogP contribution in [0, 0.1) is 11.8 Å². The zero-order chi connectivity index (χ0) is 30.9. The second-order valence-electron chi connectivity index (χ2n) is 9.88. The van der Waals surface area contributed by atoms with E-state index in [1.54, 1.807) is 21.0 Å². The lowest BCUT2D eigenvalue weighted by atomic mass is 9.89. The van der Waals surface area contributed by atoms with Crippen molar-refractivity contribution in [2.24, 2.45) is 23.3 Å². The third-order valence-electron chi connectivity index (χ3n) is 5.97. The van der Waals surface area contributed by atoms with E-state index in [1.807, 2.05) is 0 Å². The molecule has 0 saturated heterocycles. The summed E-state index contributed by atoms with van der Waals surface area (Å²) in [6.07, 6.45) is 2.04. The largest absolute Gasteiger partial charge is 0.447 e. The minimum atomic E-state index is -0.882. The number of alkyl carbamates (subject to hydrolysis) is 1. The van der Waals surface area contributed by atoms with E-state index in [1.165, 1.54) is 0 Å². The SMILES string of the molecule is C.C.COCCOCCCCC(=O)CNC(=O)C(CCCNC(N)=O)CC(=O)C(NC(=O)OCCOCCCN)C(C)C. The van der Waals surface area contributed by atoms with Crippen LogP contribution >= 0.6 is 0 Å². The van der Waals surface area contributed by atoms with E-state index in [-0.39, 0.29) is 71.5 Å². The topological polar surface area (TPSA) is 210 Å². The van der Waals surface area contributed by atoms with E-state index in [9.17, 15) is 24.0 Å². The lowest BCUT2D eigenvalue weighted by Gasteiger charge is -2.23. The van der Waals surface area contributed by atoms with Crippen LogP contribution in [0.1, 0.15) is 73.6 Å². The fourth-order valence-electron chi connectivity index (χ4n) is 3.71. The molecule has 0 aliphatic carbocycles. The van der Waals surface area contributed by atoms with Gasteiger partial charge < -0.3 is 46.4 Å². The van der Waals surface area contributed by atoms with Gasteiger partial charge in [0.2, 0.25) is 5.91 Å². The lowest BCUT2D eigenvalue weighted by molar-refractivity contribution is -0.131. The van der Waals surface area contributed by atoms with Gasteiger partial charge in [-0.05, 0) is 44.6 Å². The Hall–Kier alpha value is -2.81. The van der Waals surface area contributed by atoms with E-state index in [2.05, 4.69) is 16.0 Å². The van der Waals surface area contributed by atoms with Gasteiger partial charge in [0.25, 0.3) is 0 Å². The van der Waals surface area contributed by atoms with Crippen molar-refractivity contribution in [3.8, 4) is 0 Å². The Morgan fingerprint density at radius 1 is 0.814 bits per heavy atom. The van der Waals surface area contributed by atoms with Crippen molar-refractivity contribution in [3.63, 3.8) is 0 Å². The summed E-state index contributed by atoms with van der Waals surface area (Å²) >= 11 is 0. The molecule has 2 unspecified atom stereocenters. The van der Waals surface area contributed by atoms with Crippen LogP contribution in [0.25, 0.3) is 0 Å². The summed E-state index contributed by atoms with van der Waals surface area (Å²) in [4.78, 5) is 61.6. The molecule has 254 valence electrons. The third kappa shape index (κ3) is 25.4. The van der Waals surface area contributed by atoms with Crippen molar-refractivity contribution >= 4 is 29.6 Å². The first-order chi connectivity index (χ1) is 19.6. The summed E-state index contributed by atoms with van der Waals surface area (Å²) < 4.78 is 20.6. The molecule has 2 atom stereocenters. The van der Waals surface area contributed by atoms with Crippen LogP contribution in [0.4, 0.5) is 9.59 Å². The van der Waals surface area contributed by atoms with Crippen LogP contribution in [0.2, 0.25) is 0 Å². The predicted octanol–water partition coefficient (Wildman–Crippen LogP) is 1.92. The monoisotopic (exact) mass is 621 g/mol. The fraction of sp³-hybridized carbons (Fsp3) is 0.828. The molecular weight excluding hydrogens is 562 g/mol. The van der Waals surface area contributed by atoms with Crippen molar-refractivity contribution in [2.45, 2.75) is 79.7 Å². The molecular formula is C29H59N5O9. The molecule has 0 aromatic heterocycles. The molecule has 7 N–H and O–H groups in total. The highest BCUT2D eigenvalue weighted by Gasteiger charge is 2.30. The summed E-state index contributed by atoms with van der Waals surface area (Å²) in [5.74, 6) is -1.97. The van der Waals surface area contributed by atoms with E-state index in [0.29, 0.717) is 65.1 Å². The van der Waals surface area contributed by atoms with Crippen molar-refractivity contribution in [1.29, 1.82) is 0 Å². The number of rotatable bonds is 26. The summed E-state index contributed by atoms with van der Waals surface area (Å²) in [6.45, 7) is 6.32. The first kappa shape index (κ1) is 44.6. The Balaban J connectivity index is -0.00000800. The number of Topliss-reactive ketones (excluding diaryl/α,β-unsaturated/α-hetero) is 2. The Labute approximate surface area is 258 Å². The van der Waals surface area contributed by atoms with E-state index < -0.39 is 30.0 Å². The van der Waals surface area contributed by atoms with Gasteiger partial charge in [-0.15, -0.1) is 0 Å². The lowest BCUT2D eigenvalue weighted by Crippen LogP contribution is -2.46. The van der Waals surface area contributed by atoms with Crippen molar-refractivity contribution in [1.82, 2.24) is 16.0 Å². The number of unbranched alkanes of at least 4 members (excludes halogenated alkanes) is 1. The molecule has 0 radical (unpaired) electrons. The van der Waals surface area contributed by atoms with Crippen LogP contribution in [-0.2, 0) is 33.3 Å². The quantitative estimate of drug-likeness (QED) is 0.0886. The zero-order valence-corrected chi connectivity index (χ0v) is 24.9. The first-order valence-electron chi connectivity index (χ1n) is 14.3. The number of carbonyl (C=O) groups excluding carboxylic acids is 5. The van der Waals surface area contributed by atoms with Gasteiger partial charge in [0.15, 0.2) is 11.6 Å². The van der Waals surface area contributed by atoms with E-state index in [0.717, 1.165) is 0 Å². The fourth-order valence-corrected chi connectivity index (χ4v) is 3.71. The highest BCUT2D eigenvalue weighted by Crippen LogP contribution is 2.16. The molecule has 14 nitrogen and oxygen atoms in total. The number of hydrogen-bond acceptors (Lipinski definition) is 10. The third-order valence-corrected chi connectivity index (χ3v) is 5.97. The minimum Gasteiger partial charge on any atom is -0.447 e. The van der Waals surface area contributed by atoms with Crippen LogP contribution in [0.15, 0.2) is 0 Å². The number of amides is 4. The summed E-state index contributed by atoms with van der Waals surface area (Å²) in [6, 6.07) is -1.57. The van der Waals surface area contributed by atoms with Gasteiger partial charge in [0.05, 0.1) is 32.4 Å². The maximum atomic E-state index is 13.2. The van der Waals surface area contributed by atoms with Gasteiger partial charge in [-0.2, -0.15) is 0 Å². The van der Waals surface area contributed by atoms with Crippen molar-refractivity contribution in [3.05, 3.63) is 0 Å². The Morgan fingerprint density at radius 3 is 2.07 bits per heavy atom. The minimum absolute atomic E-state index is 0. The second-order valence-corrected chi connectivity index (χ2v) is 9.88. The smallest absolute Gasteiger partial charge is 0.407 e. The number of carbonyl (C=O) groups is 5. The molecule has 0 aromatic carbocycles. The number of primary amides is 1. The number of nitrogens with two attached hydrogens (primary N) is 2.